The number of aliphatic hydroxyl groups is 1. The van der Waals surface area contributed by atoms with Crippen molar-refractivity contribution >= 4 is 0 Å². The molecule has 0 unspecified atom stereocenters. The van der Waals surface area contributed by atoms with Gasteiger partial charge in [-0.3, -0.25) is 0 Å². The molecule has 0 aliphatic carbocycles. The fourth-order valence-corrected chi connectivity index (χ4v) is 1.24. The standard InChI is InChI=1S/C12H18O2/c1-9(2)8-14-12-6-4-5-11(7-13)10(12)3/h4-6,9,13H,7-8H2,1-3H3. The first-order chi connectivity index (χ1) is 6.65. The van der Waals surface area contributed by atoms with Gasteiger partial charge in [0.15, 0.2) is 0 Å². The van der Waals surface area contributed by atoms with Crippen LogP contribution in [0.25, 0.3) is 0 Å². The van der Waals surface area contributed by atoms with Crippen molar-refractivity contribution in [1.29, 1.82) is 0 Å². The summed E-state index contributed by atoms with van der Waals surface area (Å²) < 4.78 is 5.63. The maximum absolute atomic E-state index is 9.06. The van der Waals surface area contributed by atoms with Crippen LogP contribution < -0.4 is 4.74 Å². The Hall–Kier alpha value is -1.02. The van der Waals surface area contributed by atoms with Crippen LogP contribution >= 0.6 is 0 Å². The lowest BCUT2D eigenvalue weighted by molar-refractivity contribution is 0.263. The summed E-state index contributed by atoms with van der Waals surface area (Å²) in [5, 5.41) is 9.06. The van der Waals surface area contributed by atoms with Gasteiger partial charge in [-0.2, -0.15) is 0 Å². The van der Waals surface area contributed by atoms with Crippen LogP contribution in [0.5, 0.6) is 5.75 Å². The van der Waals surface area contributed by atoms with Crippen molar-refractivity contribution in [2.75, 3.05) is 6.61 Å². The molecule has 0 aliphatic heterocycles. The molecule has 0 amide bonds. The monoisotopic (exact) mass is 194 g/mol. The maximum atomic E-state index is 9.06. The fraction of sp³-hybridized carbons (Fsp3) is 0.500. The highest BCUT2D eigenvalue weighted by Crippen LogP contribution is 2.21. The molecule has 1 N–H and O–H groups in total. The maximum Gasteiger partial charge on any atom is 0.122 e. The Bertz CT molecular complexity index is 292. The molecule has 0 heterocycles. The van der Waals surface area contributed by atoms with Gasteiger partial charge < -0.3 is 9.84 Å². The Morgan fingerprint density at radius 3 is 2.64 bits per heavy atom. The summed E-state index contributed by atoms with van der Waals surface area (Å²) in [6.07, 6.45) is 0. The molecule has 1 aromatic carbocycles. The summed E-state index contributed by atoms with van der Waals surface area (Å²) in [4.78, 5) is 0. The topological polar surface area (TPSA) is 29.5 Å². The smallest absolute Gasteiger partial charge is 0.122 e. The van der Waals surface area contributed by atoms with Crippen LogP contribution in [0.4, 0.5) is 0 Å². The summed E-state index contributed by atoms with van der Waals surface area (Å²) in [6, 6.07) is 5.77. The number of benzene rings is 1. The van der Waals surface area contributed by atoms with Gasteiger partial charge >= 0.3 is 0 Å². The van der Waals surface area contributed by atoms with Crippen molar-refractivity contribution in [2.45, 2.75) is 27.4 Å². The van der Waals surface area contributed by atoms with Crippen molar-refractivity contribution in [3.05, 3.63) is 29.3 Å². The quantitative estimate of drug-likeness (QED) is 0.798. The van der Waals surface area contributed by atoms with E-state index in [2.05, 4.69) is 13.8 Å². The third-order valence-electron chi connectivity index (χ3n) is 2.14. The zero-order chi connectivity index (χ0) is 10.6. The summed E-state index contributed by atoms with van der Waals surface area (Å²) in [7, 11) is 0. The molecule has 2 nitrogen and oxygen atoms in total. The lowest BCUT2D eigenvalue weighted by Gasteiger charge is -2.12. The fourth-order valence-electron chi connectivity index (χ4n) is 1.24. The van der Waals surface area contributed by atoms with Crippen LogP contribution in [0.15, 0.2) is 18.2 Å². The second-order valence-corrected chi connectivity index (χ2v) is 3.90. The molecule has 78 valence electrons. The van der Waals surface area contributed by atoms with E-state index in [-0.39, 0.29) is 6.61 Å². The van der Waals surface area contributed by atoms with E-state index >= 15 is 0 Å². The lowest BCUT2D eigenvalue weighted by Crippen LogP contribution is -2.06. The number of aliphatic hydroxyl groups excluding tert-OH is 1. The molecule has 0 saturated carbocycles. The van der Waals surface area contributed by atoms with Gasteiger partial charge in [-0.05, 0) is 30.0 Å². The largest absolute Gasteiger partial charge is 0.493 e. The average Bonchev–Trinajstić information content (AvgIpc) is 2.16. The second kappa shape index (κ2) is 5.01. The van der Waals surface area contributed by atoms with E-state index in [0.29, 0.717) is 5.92 Å². The first-order valence-electron chi connectivity index (χ1n) is 4.97. The summed E-state index contributed by atoms with van der Waals surface area (Å²) in [6.45, 7) is 7.00. The molecule has 0 fully saturated rings. The Kier molecular flexibility index (Phi) is 3.96. The predicted octanol–water partition coefficient (Wildman–Crippen LogP) is 2.52. The Balaban J connectivity index is 2.76. The van der Waals surface area contributed by atoms with Gasteiger partial charge in [-0.15, -0.1) is 0 Å². The molecular formula is C12H18O2. The third kappa shape index (κ3) is 2.74. The number of hydrogen-bond acceptors (Lipinski definition) is 2. The minimum absolute atomic E-state index is 0.0741. The molecule has 0 spiro atoms. The molecule has 0 aromatic heterocycles. The highest BCUT2D eigenvalue weighted by molar-refractivity contribution is 5.38. The minimum Gasteiger partial charge on any atom is -0.493 e. The molecule has 2 heteroatoms. The summed E-state index contributed by atoms with van der Waals surface area (Å²) in [5.41, 5.74) is 1.97. The third-order valence-corrected chi connectivity index (χ3v) is 2.14. The summed E-state index contributed by atoms with van der Waals surface area (Å²) in [5.74, 6) is 1.40. The molecule has 1 aromatic rings. The highest BCUT2D eigenvalue weighted by atomic mass is 16.5. The normalized spacial score (nSPS) is 10.6. The molecule has 0 radical (unpaired) electrons. The van der Waals surface area contributed by atoms with Crippen molar-refractivity contribution in [3.63, 3.8) is 0 Å². The van der Waals surface area contributed by atoms with E-state index in [9.17, 15) is 0 Å². The molecular weight excluding hydrogens is 176 g/mol. The molecule has 1 rings (SSSR count). The van der Waals surface area contributed by atoms with E-state index < -0.39 is 0 Å². The van der Waals surface area contributed by atoms with Gasteiger partial charge in [0.1, 0.15) is 5.75 Å². The van der Waals surface area contributed by atoms with Crippen LogP contribution in [0.2, 0.25) is 0 Å². The van der Waals surface area contributed by atoms with Crippen LogP contribution in [0, 0.1) is 12.8 Å². The van der Waals surface area contributed by atoms with Gasteiger partial charge in [0.2, 0.25) is 0 Å². The van der Waals surface area contributed by atoms with E-state index in [0.717, 1.165) is 23.5 Å². The Morgan fingerprint density at radius 1 is 1.36 bits per heavy atom. The first kappa shape index (κ1) is 11.1. The number of hydrogen-bond donors (Lipinski definition) is 1. The van der Waals surface area contributed by atoms with Crippen molar-refractivity contribution in [2.24, 2.45) is 5.92 Å². The predicted molar refractivity (Wildman–Crippen MR) is 57.4 cm³/mol. The van der Waals surface area contributed by atoms with Crippen LogP contribution in [0.3, 0.4) is 0 Å². The van der Waals surface area contributed by atoms with E-state index in [1.54, 1.807) is 0 Å². The number of rotatable bonds is 4. The minimum atomic E-state index is 0.0741. The van der Waals surface area contributed by atoms with Gasteiger partial charge in [0.05, 0.1) is 13.2 Å². The highest BCUT2D eigenvalue weighted by Gasteiger charge is 2.04. The van der Waals surface area contributed by atoms with Crippen molar-refractivity contribution in [3.8, 4) is 5.75 Å². The van der Waals surface area contributed by atoms with Crippen molar-refractivity contribution < 1.29 is 9.84 Å². The van der Waals surface area contributed by atoms with E-state index in [1.807, 2.05) is 25.1 Å². The van der Waals surface area contributed by atoms with Gasteiger partial charge in [-0.25, -0.2) is 0 Å². The van der Waals surface area contributed by atoms with E-state index in [4.69, 9.17) is 9.84 Å². The summed E-state index contributed by atoms with van der Waals surface area (Å²) >= 11 is 0. The average molecular weight is 194 g/mol. The molecule has 0 saturated heterocycles. The molecule has 0 atom stereocenters. The molecule has 14 heavy (non-hydrogen) atoms. The first-order valence-corrected chi connectivity index (χ1v) is 4.97. The van der Waals surface area contributed by atoms with Crippen LogP contribution in [-0.2, 0) is 6.61 Å². The van der Waals surface area contributed by atoms with Gasteiger partial charge in [-0.1, -0.05) is 26.0 Å². The lowest BCUT2D eigenvalue weighted by atomic mass is 10.1. The SMILES string of the molecule is Cc1c(CO)cccc1OCC(C)C. The van der Waals surface area contributed by atoms with Crippen LogP contribution in [0.1, 0.15) is 25.0 Å². The Morgan fingerprint density at radius 2 is 2.07 bits per heavy atom. The van der Waals surface area contributed by atoms with Gasteiger partial charge in [0.25, 0.3) is 0 Å². The van der Waals surface area contributed by atoms with Crippen LogP contribution in [-0.4, -0.2) is 11.7 Å². The van der Waals surface area contributed by atoms with E-state index in [1.165, 1.54) is 0 Å². The Labute approximate surface area is 85.5 Å². The zero-order valence-electron chi connectivity index (χ0n) is 9.08. The molecule has 0 bridgehead atoms. The molecule has 0 aliphatic rings. The number of ether oxygens (including phenoxy) is 1. The second-order valence-electron chi connectivity index (χ2n) is 3.90. The zero-order valence-corrected chi connectivity index (χ0v) is 9.08. The van der Waals surface area contributed by atoms with Gasteiger partial charge in [0, 0.05) is 0 Å². The van der Waals surface area contributed by atoms with Crippen molar-refractivity contribution in [1.82, 2.24) is 0 Å².